The van der Waals surface area contributed by atoms with Crippen molar-refractivity contribution in [2.24, 2.45) is 0 Å². The lowest BCUT2D eigenvalue weighted by atomic mass is 10.1. The van der Waals surface area contributed by atoms with Crippen molar-refractivity contribution in [2.45, 2.75) is 26.3 Å². The van der Waals surface area contributed by atoms with Gasteiger partial charge in [-0.05, 0) is 27.0 Å². The molecule has 1 N–H and O–H groups in total. The quantitative estimate of drug-likeness (QED) is 0.633. The topological polar surface area (TPSA) is 23.5 Å². The monoisotopic (exact) mass is 191 g/mol. The molecule has 0 aromatic rings. The Morgan fingerprint density at radius 1 is 1.17 bits per heavy atom. The molecule has 1 heterocycles. The van der Waals surface area contributed by atoms with Gasteiger partial charge in [-0.3, -0.25) is 4.90 Å². The maximum atomic E-state index is 9.81. The highest BCUT2D eigenvalue weighted by Gasteiger charge is 2.29. The summed E-state index contributed by atoms with van der Waals surface area (Å²) in [7, 11) is -1.22. The first-order valence-electron chi connectivity index (χ1n) is 4.52. The largest absolute Gasteiger partial charge is 0.352 e. The fraction of sp³-hybridized carbons (Fsp3) is 1.00. The van der Waals surface area contributed by atoms with Crippen LogP contribution in [0.4, 0.5) is 0 Å². The van der Waals surface area contributed by atoms with E-state index in [1.807, 2.05) is 6.26 Å². The molecule has 1 saturated heterocycles. The van der Waals surface area contributed by atoms with E-state index >= 15 is 0 Å². The van der Waals surface area contributed by atoms with Gasteiger partial charge in [-0.2, -0.15) is 0 Å². The number of nitrogens with zero attached hydrogens (tertiary/aromatic N) is 1. The molecule has 0 aromatic carbocycles. The summed E-state index contributed by atoms with van der Waals surface area (Å²) in [4.78, 5) is 2.46. The molecular formula is C9H21NOS. The molecule has 0 spiro atoms. The summed E-state index contributed by atoms with van der Waals surface area (Å²) in [6.45, 7) is 8.84. The summed E-state index contributed by atoms with van der Waals surface area (Å²) in [6, 6.07) is 0. The first-order valence-corrected chi connectivity index (χ1v) is 6.86. The average molecular weight is 191 g/mol. The van der Waals surface area contributed by atoms with Crippen LogP contribution in [0.2, 0.25) is 0 Å². The second-order valence-electron chi connectivity index (χ2n) is 4.79. The Bertz CT molecular complexity index is 152. The van der Waals surface area contributed by atoms with E-state index in [2.05, 4.69) is 25.7 Å². The Balaban J connectivity index is 2.47. The molecule has 0 aliphatic carbocycles. The highest BCUT2D eigenvalue weighted by Crippen LogP contribution is 2.41. The molecule has 0 unspecified atom stereocenters. The summed E-state index contributed by atoms with van der Waals surface area (Å²) in [6.07, 6.45) is 2.02. The van der Waals surface area contributed by atoms with E-state index in [1.165, 1.54) is 0 Å². The molecule has 0 radical (unpaired) electrons. The predicted molar refractivity (Wildman–Crippen MR) is 57.2 cm³/mol. The summed E-state index contributed by atoms with van der Waals surface area (Å²) < 4.78 is 9.81. The van der Waals surface area contributed by atoms with E-state index in [1.54, 1.807) is 0 Å². The van der Waals surface area contributed by atoms with Crippen LogP contribution < -0.4 is 0 Å². The van der Waals surface area contributed by atoms with Crippen LogP contribution in [0.3, 0.4) is 0 Å². The van der Waals surface area contributed by atoms with Gasteiger partial charge in [0.05, 0.1) is 0 Å². The Morgan fingerprint density at radius 2 is 1.58 bits per heavy atom. The molecule has 1 fully saturated rings. The zero-order valence-corrected chi connectivity index (χ0v) is 9.45. The van der Waals surface area contributed by atoms with Crippen LogP contribution in [0.25, 0.3) is 0 Å². The second-order valence-corrected chi connectivity index (χ2v) is 8.05. The minimum atomic E-state index is -1.22. The molecule has 0 aromatic heterocycles. The van der Waals surface area contributed by atoms with Crippen LogP contribution in [0.5, 0.6) is 0 Å². The van der Waals surface area contributed by atoms with Crippen molar-refractivity contribution in [1.29, 1.82) is 0 Å². The Kier molecular flexibility index (Phi) is 2.76. The first-order chi connectivity index (χ1) is 5.31. The molecule has 0 bridgehead atoms. The number of rotatable bonds is 0. The Morgan fingerprint density at radius 3 is 1.92 bits per heavy atom. The van der Waals surface area contributed by atoms with Crippen molar-refractivity contribution in [1.82, 2.24) is 4.90 Å². The molecule has 3 heteroatoms. The number of hydrogen-bond acceptors (Lipinski definition) is 2. The number of hydrogen-bond donors (Lipinski definition) is 1. The van der Waals surface area contributed by atoms with E-state index < -0.39 is 10.3 Å². The molecular weight excluding hydrogens is 170 g/mol. The van der Waals surface area contributed by atoms with Gasteiger partial charge in [0.1, 0.15) is 0 Å². The van der Waals surface area contributed by atoms with Gasteiger partial charge in [-0.15, -0.1) is 10.3 Å². The predicted octanol–water partition coefficient (Wildman–Crippen LogP) is 2.01. The summed E-state index contributed by atoms with van der Waals surface area (Å²) in [5.41, 5.74) is 0.274. The Labute approximate surface area is 77.5 Å². The normalized spacial score (nSPS) is 28.4. The third-order valence-corrected chi connectivity index (χ3v) is 4.67. The van der Waals surface area contributed by atoms with Crippen molar-refractivity contribution in [3.63, 3.8) is 0 Å². The zero-order valence-electron chi connectivity index (χ0n) is 8.63. The molecule has 12 heavy (non-hydrogen) atoms. The lowest BCUT2D eigenvalue weighted by Gasteiger charge is -2.45. The van der Waals surface area contributed by atoms with E-state index in [4.69, 9.17) is 0 Å². The van der Waals surface area contributed by atoms with E-state index in [9.17, 15) is 4.55 Å². The molecule has 0 atom stereocenters. The van der Waals surface area contributed by atoms with Gasteiger partial charge in [-0.25, -0.2) is 0 Å². The molecule has 0 amide bonds. The maximum Gasteiger partial charge on any atom is 0.0125 e. The third-order valence-electron chi connectivity index (χ3n) is 2.55. The molecule has 1 aliphatic heterocycles. The Hall–Kier alpha value is 0.270. The van der Waals surface area contributed by atoms with E-state index in [0.29, 0.717) is 0 Å². The summed E-state index contributed by atoms with van der Waals surface area (Å²) in [5, 5.41) is 0. The van der Waals surface area contributed by atoms with Gasteiger partial charge < -0.3 is 4.55 Å². The minimum Gasteiger partial charge on any atom is -0.352 e. The molecule has 1 aliphatic rings. The molecule has 74 valence electrons. The first kappa shape index (κ1) is 10.4. The summed E-state index contributed by atoms with van der Waals surface area (Å²) >= 11 is 0. The van der Waals surface area contributed by atoms with Gasteiger partial charge >= 0.3 is 0 Å². The highest BCUT2D eigenvalue weighted by molar-refractivity contribution is 8.28. The standard InChI is InChI=1S/C9H21NOS/c1-9(2,3)10-5-7-12(4,11)8-6-10/h11H,5-8H2,1-4H3. The lowest BCUT2D eigenvalue weighted by Crippen LogP contribution is -2.48. The van der Waals surface area contributed by atoms with Crippen molar-refractivity contribution < 1.29 is 4.55 Å². The average Bonchev–Trinajstić information content (AvgIpc) is 1.83. The van der Waals surface area contributed by atoms with Gasteiger partial charge in [0.2, 0.25) is 0 Å². The smallest absolute Gasteiger partial charge is 0.0125 e. The van der Waals surface area contributed by atoms with Crippen LogP contribution in [-0.2, 0) is 0 Å². The molecule has 2 nitrogen and oxygen atoms in total. The van der Waals surface area contributed by atoms with E-state index in [-0.39, 0.29) is 5.54 Å². The molecule has 0 saturated carbocycles. The third kappa shape index (κ3) is 2.64. The van der Waals surface area contributed by atoms with Crippen LogP contribution >= 0.6 is 10.3 Å². The van der Waals surface area contributed by atoms with Crippen LogP contribution in [0.1, 0.15) is 20.8 Å². The zero-order chi connectivity index (χ0) is 9.41. The highest BCUT2D eigenvalue weighted by atomic mass is 32.3. The van der Waals surface area contributed by atoms with Crippen molar-refractivity contribution in [3.8, 4) is 0 Å². The lowest BCUT2D eigenvalue weighted by molar-refractivity contribution is 0.150. The minimum absolute atomic E-state index is 0.274. The fourth-order valence-corrected chi connectivity index (χ4v) is 2.93. The van der Waals surface area contributed by atoms with Crippen LogP contribution in [0, 0.1) is 0 Å². The SMILES string of the molecule is CC(C)(C)N1CCS(C)(O)CC1. The van der Waals surface area contributed by atoms with Gasteiger partial charge in [0, 0.05) is 30.1 Å². The maximum absolute atomic E-state index is 9.81. The van der Waals surface area contributed by atoms with Gasteiger partial charge in [0.15, 0.2) is 0 Å². The van der Waals surface area contributed by atoms with Gasteiger partial charge in [-0.1, -0.05) is 0 Å². The van der Waals surface area contributed by atoms with Crippen LogP contribution in [0.15, 0.2) is 0 Å². The van der Waals surface area contributed by atoms with Crippen molar-refractivity contribution in [3.05, 3.63) is 0 Å². The van der Waals surface area contributed by atoms with Crippen LogP contribution in [-0.4, -0.2) is 45.8 Å². The second kappa shape index (κ2) is 3.20. The molecule has 1 rings (SSSR count). The summed E-state index contributed by atoms with van der Waals surface area (Å²) in [5.74, 6) is 1.98. The van der Waals surface area contributed by atoms with E-state index in [0.717, 1.165) is 24.6 Å². The van der Waals surface area contributed by atoms with Gasteiger partial charge in [0.25, 0.3) is 0 Å². The van der Waals surface area contributed by atoms with Crippen molar-refractivity contribution in [2.75, 3.05) is 30.9 Å². The van der Waals surface area contributed by atoms with Crippen molar-refractivity contribution >= 4 is 10.3 Å². The fourth-order valence-electron chi connectivity index (χ4n) is 1.50.